The Hall–Kier alpha value is -1.80. The predicted molar refractivity (Wildman–Crippen MR) is 65.9 cm³/mol. The molecule has 0 saturated heterocycles. The molecule has 0 radical (unpaired) electrons. The van der Waals surface area contributed by atoms with Gasteiger partial charge < -0.3 is 10.1 Å². The van der Waals surface area contributed by atoms with Crippen LogP contribution in [0.4, 0.5) is 5.95 Å². The van der Waals surface area contributed by atoms with Gasteiger partial charge in [0.1, 0.15) is 4.83 Å². The van der Waals surface area contributed by atoms with E-state index in [-0.39, 0.29) is 6.61 Å². The number of hydrogen-bond acceptors (Lipinski definition) is 5. The maximum absolute atomic E-state index is 5.39. The summed E-state index contributed by atoms with van der Waals surface area (Å²) in [4.78, 5) is 9.53. The minimum Gasteiger partial charge on any atom is -0.464 e. The monoisotopic (exact) mass is 233 g/mol. The van der Waals surface area contributed by atoms with E-state index in [2.05, 4.69) is 21.2 Å². The van der Waals surface area contributed by atoms with Crippen LogP contribution >= 0.6 is 11.3 Å². The second-order valence-electron chi connectivity index (χ2n) is 3.01. The van der Waals surface area contributed by atoms with Crippen LogP contribution in [0.2, 0.25) is 0 Å². The highest BCUT2D eigenvalue weighted by atomic mass is 32.1. The number of ether oxygens (including phenoxy) is 1. The van der Waals surface area contributed by atoms with Gasteiger partial charge in [-0.15, -0.1) is 17.8 Å². The summed E-state index contributed by atoms with van der Waals surface area (Å²) in [5, 5.41) is 5.92. The fourth-order valence-corrected chi connectivity index (χ4v) is 2.04. The largest absolute Gasteiger partial charge is 0.464 e. The van der Waals surface area contributed by atoms with E-state index in [4.69, 9.17) is 11.2 Å². The highest BCUT2D eigenvalue weighted by molar-refractivity contribution is 7.16. The molecule has 0 aromatic carbocycles. The van der Waals surface area contributed by atoms with E-state index in [1.807, 2.05) is 18.4 Å². The molecular formula is C11H11N3OS. The number of fused-ring (bicyclic) bond motifs is 1. The lowest BCUT2D eigenvalue weighted by molar-refractivity contribution is 0.360. The Morgan fingerprint density at radius 3 is 3.19 bits per heavy atom. The molecule has 2 aromatic heterocycles. The minimum atomic E-state index is 0.216. The molecule has 0 aliphatic heterocycles. The minimum absolute atomic E-state index is 0.216. The third kappa shape index (κ3) is 2.07. The molecule has 0 atom stereocenters. The molecule has 0 spiro atoms. The molecule has 0 aliphatic rings. The molecule has 0 bridgehead atoms. The van der Waals surface area contributed by atoms with Gasteiger partial charge in [0.05, 0.1) is 5.39 Å². The van der Waals surface area contributed by atoms with Gasteiger partial charge in [0, 0.05) is 6.54 Å². The molecule has 0 saturated carbocycles. The van der Waals surface area contributed by atoms with Crippen LogP contribution in [0.1, 0.15) is 6.92 Å². The normalized spacial score (nSPS) is 10.0. The van der Waals surface area contributed by atoms with Gasteiger partial charge in [-0.05, 0) is 18.4 Å². The number of terminal acetylenes is 1. The first-order valence-corrected chi connectivity index (χ1v) is 5.78. The zero-order chi connectivity index (χ0) is 11.4. The molecule has 5 heteroatoms. The first kappa shape index (κ1) is 10.7. The molecule has 82 valence electrons. The van der Waals surface area contributed by atoms with Crippen molar-refractivity contribution in [3.05, 3.63) is 11.4 Å². The van der Waals surface area contributed by atoms with Crippen LogP contribution < -0.4 is 10.1 Å². The SMILES string of the molecule is C#CCOc1nc(NCC)nc2sccc12. The van der Waals surface area contributed by atoms with Gasteiger partial charge in [-0.3, -0.25) is 0 Å². The lowest BCUT2D eigenvalue weighted by atomic mass is 10.4. The standard InChI is InChI=1S/C11H11N3OS/c1-3-6-15-9-8-5-7-16-10(8)14-11(13-9)12-4-2/h1,5,7H,4,6H2,2H3,(H,12,13,14). The summed E-state index contributed by atoms with van der Waals surface area (Å²) in [7, 11) is 0. The van der Waals surface area contributed by atoms with E-state index >= 15 is 0 Å². The van der Waals surface area contributed by atoms with E-state index in [9.17, 15) is 0 Å². The molecule has 2 heterocycles. The molecule has 4 nitrogen and oxygen atoms in total. The molecule has 16 heavy (non-hydrogen) atoms. The molecule has 0 fully saturated rings. The third-order valence-electron chi connectivity index (χ3n) is 1.92. The summed E-state index contributed by atoms with van der Waals surface area (Å²) < 4.78 is 5.39. The average molecular weight is 233 g/mol. The molecule has 2 rings (SSSR count). The quantitative estimate of drug-likeness (QED) is 0.822. The number of anilines is 1. The second-order valence-corrected chi connectivity index (χ2v) is 3.91. The lowest BCUT2D eigenvalue weighted by Gasteiger charge is -2.06. The Morgan fingerprint density at radius 1 is 1.56 bits per heavy atom. The van der Waals surface area contributed by atoms with Crippen molar-refractivity contribution in [3.8, 4) is 18.2 Å². The highest BCUT2D eigenvalue weighted by Crippen LogP contribution is 2.27. The summed E-state index contributed by atoms with van der Waals surface area (Å²) in [6.45, 7) is 2.98. The number of nitrogens with zero attached hydrogens (tertiary/aromatic N) is 2. The molecular weight excluding hydrogens is 222 g/mol. The van der Waals surface area contributed by atoms with E-state index in [1.165, 1.54) is 0 Å². The van der Waals surface area contributed by atoms with Crippen LogP contribution in [0.15, 0.2) is 11.4 Å². The molecule has 0 unspecified atom stereocenters. The zero-order valence-corrected chi connectivity index (χ0v) is 9.67. The van der Waals surface area contributed by atoms with Crippen LogP contribution in [0.3, 0.4) is 0 Å². The van der Waals surface area contributed by atoms with E-state index < -0.39 is 0 Å². The number of hydrogen-bond donors (Lipinski definition) is 1. The van der Waals surface area contributed by atoms with Crippen LogP contribution in [0.5, 0.6) is 5.88 Å². The third-order valence-corrected chi connectivity index (χ3v) is 2.72. The van der Waals surface area contributed by atoms with Gasteiger partial charge in [-0.25, -0.2) is 4.98 Å². The van der Waals surface area contributed by atoms with Gasteiger partial charge in [-0.2, -0.15) is 4.98 Å². The fourth-order valence-electron chi connectivity index (χ4n) is 1.29. The smallest absolute Gasteiger partial charge is 0.228 e. The van der Waals surface area contributed by atoms with Gasteiger partial charge in [0.25, 0.3) is 0 Å². The van der Waals surface area contributed by atoms with Crippen LogP contribution in [-0.4, -0.2) is 23.1 Å². The maximum atomic E-state index is 5.39. The molecule has 1 N–H and O–H groups in total. The predicted octanol–water partition coefficient (Wildman–Crippen LogP) is 2.14. The van der Waals surface area contributed by atoms with Gasteiger partial charge in [0.2, 0.25) is 11.8 Å². The van der Waals surface area contributed by atoms with Crippen molar-refractivity contribution in [1.82, 2.24) is 9.97 Å². The molecule has 0 amide bonds. The number of thiophene rings is 1. The van der Waals surface area contributed by atoms with Crippen molar-refractivity contribution in [2.75, 3.05) is 18.5 Å². The Kier molecular flexibility index (Phi) is 3.22. The zero-order valence-electron chi connectivity index (χ0n) is 8.86. The maximum Gasteiger partial charge on any atom is 0.228 e. The second kappa shape index (κ2) is 4.81. The summed E-state index contributed by atoms with van der Waals surface area (Å²) in [5.41, 5.74) is 0. The van der Waals surface area contributed by atoms with E-state index in [0.29, 0.717) is 11.8 Å². The molecule has 2 aromatic rings. The van der Waals surface area contributed by atoms with Crippen molar-refractivity contribution in [2.45, 2.75) is 6.92 Å². The van der Waals surface area contributed by atoms with Gasteiger partial charge >= 0.3 is 0 Å². The topological polar surface area (TPSA) is 47.0 Å². The first-order valence-electron chi connectivity index (χ1n) is 4.90. The summed E-state index contributed by atoms with van der Waals surface area (Å²) in [6, 6.07) is 1.93. The number of rotatable bonds is 4. The lowest BCUT2D eigenvalue weighted by Crippen LogP contribution is -2.04. The summed E-state index contributed by atoms with van der Waals surface area (Å²) >= 11 is 1.55. The summed E-state index contributed by atoms with van der Waals surface area (Å²) in [6.07, 6.45) is 5.16. The summed E-state index contributed by atoms with van der Waals surface area (Å²) in [5.74, 6) is 3.54. The van der Waals surface area contributed by atoms with Gasteiger partial charge in [-0.1, -0.05) is 5.92 Å². The van der Waals surface area contributed by atoms with Gasteiger partial charge in [0.15, 0.2) is 6.61 Å². The highest BCUT2D eigenvalue weighted by Gasteiger charge is 2.08. The van der Waals surface area contributed by atoms with Crippen LogP contribution in [-0.2, 0) is 0 Å². The van der Waals surface area contributed by atoms with Crippen molar-refractivity contribution >= 4 is 27.5 Å². The van der Waals surface area contributed by atoms with Crippen molar-refractivity contribution in [2.24, 2.45) is 0 Å². The Bertz CT molecular complexity index is 529. The average Bonchev–Trinajstić information content (AvgIpc) is 2.74. The first-order chi connectivity index (χ1) is 7.85. The fraction of sp³-hybridized carbons (Fsp3) is 0.273. The van der Waals surface area contributed by atoms with Crippen molar-refractivity contribution in [3.63, 3.8) is 0 Å². The van der Waals surface area contributed by atoms with E-state index in [0.717, 1.165) is 16.8 Å². The van der Waals surface area contributed by atoms with E-state index in [1.54, 1.807) is 11.3 Å². The Morgan fingerprint density at radius 2 is 2.44 bits per heavy atom. The van der Waals surface area contributed by atoms with Crippen molar-refractivity contribution in [1.29, 1.82) is 0 Å². The Labute approximate surface area is 97.7 Å². The molecule has 0 aliphatic carbocycles. The van der Waals surface area contributed by atoms with Crippen LogP contribution in [0.25, 0.3) is 10.2 Å². The number of aromatic nitrogens is 2. The Balaban J connectivity index is 2.42. The van der Waals surface area contributed by atoms with Crippen molar-refractivity contribution < 1.29 is 4.74 Å². The number of nitrogens with one attached hydrogen (secondary N) is 1. The van der Waals surface area contributed by atoms with Crippen LogP contribution in [0, 0.1) is 12.3 Å².